The number of nitrogens with one attached hydrogen (secondary N) is 1. The highest BCUT2D eigenvalue weighted by molar-refractivity contribution is 5.82. The quantitative estimate of drug-likeness (QED) is 0.630. The summed E-state index contributed by atoms with van der Waals surface area (Å²) in [5.74, 6) is 0. The Balaban J connectivity index is 1.67. The smallest absolute Gasteiger partial charge is 0.0631 e. The van der Waals surface area contributed by atoms with Crippen molar-refractivity contribution in [1.82, 2.24) is 0 Å². The summed E-state index contributed by atoms with van der Waals surface area (Å²) in [6.45, 7) is 2.08. The molecule has 0 heterocycles. The summed E-state index contributed by atoms with van der Waals surface area (Å²) in [6, 6.07) is 26.6. The first-order valence-electron chi connectivity index (χ1n) is 7.32. The third kappa shape index (κ3) is 3.83. The summed E-state index contributed by atoms with van der Waals surface area (Å²) in [7, 11) is 0. The number of para-hydroxylation sites is 1. The first-order valence-corrected chi connectivity index (χ1v) is 7.32. The monoisotopic (exact) mass is 286 g/mol. The van der Waals surface area contributed by atoms with Crippen molar-refractivity contribution in [2.75, 3.05) is 5.32 Å². The maximum absolute atomic E-state index is 4.50. The average molecular weight is 286 g/mol. The molecule has 0 aliphatic carbocycles. The number of anilines is 2. The number of hydrogen-bond donors (Lipinski definition) is 1. The van der Waals surface area contributed by atoms with Gasteiger partial charge in [-0.05, 0) is 48.9 Å². The second kappa shape index (κ2) is 6.72. The van der Waals surface area contributed by atoms with Crippen LogP contribution in [0.4, 0.5) is 17.1 Å². The van der Waals surface area contributed by atoms with Crippen molar-refractivity contribution >= 4 is 23.3 Å². The molecule has 3 aromatic rings. The lowest BCUT2D eigenvalue weighted by molar-refractivity contribution is 1.46. The Hall–Kier alpha value is -2.87. The average Bonchev–Trinajstić information content (AvgIpc) is 2.57. The van der Waals surface area contributed by atoms with Gasteiger partial charge in [0.1, 0.15) is 0 Å². The Bertz CT molecular complexity index is 742. The Morgan fingerprint density at radius 1 is 0.727 bits per heavy atom. The molecule has 0 fully saturated rings. The molecule has 0 spiro atoms. The van der Waals surface area contributed by atoms with Crippen molar-refractivity contribution in [3.8, 4) is 0 Å². The molecule has 3 rings (SSSR count). The number of nitrogens with zero attached hydrogens (tertiary/aromatic N) is 1. The van der Waals surface area contributed by atoms with E-state index in [0.717, 1.165) is 22.6 Å². The maximum Gasteiger partial charge on any atom is 0.0631 e. The summed E-state index contributed by atoms with van der Waals surface area (Å²) in [5, 5.41) is 3.36. The molecule has 0 saturated heterocycles. The summed E-state index contributed by atoms with van der Waals surface area (Å²) < 4.78 is 0. The van der Waals surface area contributed by atoms with Crippen LogP contribution in [0.3, 0.4) is 0 Å². The second-order valence-electron chi connectivity index (χ2n) is 5.21. The van der Waals surface area contributed by atoms with Crippen LogP contribution in [0.2, 0.25) is 0 Å². The van der Waals surface area contributed by atoms with E-state index in [1.807, 2.05) is 60.8 Å². The number of aliphatic imine (C=N–C) groups is 1. The first-order chi connectivity index (χ1) is 10.8. The van der Waals surface area contributed by atoms with Gasteiger partial charge in [0.05, 0.1) is 5.69 Å². The van der Waals surface area contributed by atoms with Gasteiger partial charge in [0.25, 0.3) is 0 Å². The minimum atomic E-state index is 0.944. The molecule has 2 heteroatoms. The normalized spacial score (nSPS) is 10.8. The predicted octanol–water partition coefficient (Wildman–Crippen LogP) is 5.49. The molecule has 0 unspecified atom stereocenters. The van der Waals surface area contributed by atoms with Crippen molar-refractivity contribution in [2.45, 2.75) is 6.92 Å². The topological polar surface area (TPSA) is 24.4 Å². The van der Waals surface area contributed by atoms with Gasteiger partial charge in [0.15, 0.2) is 0 Å². The molecule has 0 aromatic heterocycles. The van der Waals surface area contributed by atoms with Crippen LogP contribution in [0.5, 0.6) is 0 Å². The number of hydrogen-bond acceptors (Lipinski definition) is 2. The molecule has 0 radical (unpaired) electrons. The van der Waals surface area contributed by atoms with Crippen molar-refractivity contribution in [3.63, 3.8) is 0 Å². The Morgan fingerprint density at radius 2 is 1.36 bits per heavy atom. The van der Waals surface area contributed by atoms with Gasteiger partial charge in [-0.1, -0.05) is 48.0 Å². The molecule has 0 saturated carbocycles. The van der Waals surface area contributed by atoms with E-state index in [1.165, 1.54) is 5.56 Å². The van der Waals surface area contributed by atoms with Gasteiger partial charge in [-0.25, -0.2) is 0 Å². The fourth-order valence-electron chi connectivity index (χ4n) is 2.12. The molecule has 0 amide bonds. The number of aryl methyl sites for hydroxylation is 1. The fourth-order valence-corrected chi connectivity index (χ4v) is 2.12. The molecule has 0 aliphatic heterocycles. The van der Waals surface area contributed by atoms with E-state index in [2.05, 4.69) is 41.5 Å². The van der Waals surface area contributed by atoms with Gasteiger partial charge in [0, 0.05) is 17.6 Å². The van der Waals surface area contributed by atoms with Crippen LogP contribution in [0.15, 0.2) is 83.9 Å². The molecule has 0 atom stereocenters. The highest BCUT2D eigenvalue weighted by Crippen LogP contribution is 2.20. The third-order valence-electron chi connectivity index (χ3n) is 3.37. The van der Waals surface area contributed by atoms with E-state index >= 15 is 0 Å². The van der Waals surface area contributed by atoms with Crippen LogP contribution in [-0.4, -0.2) is 6.21 Å². The van der Waals surface area contributed by atoms with E-state index < -0.39 is 0 Å². The van der Waals surface area contributed by atoms with Crippen LogP contribution in [0, 0.1) is 6.92 Å². The molecule has 22 heavy (non-hydrogen) atoms. The van der Waals surface area contributed by atoms with Crippen molar-refractivity contribution in [3.05, 3.63) is 90.0 Å². The van der Waals surface area contributed by atoms with Gasteiger partial charge < -0.3 is 5.32 Å². The van der Waals surface area contributed by atoms with Gasteiger partial charge in [0.2, 0.25) is 0 Å². The van der Waals surface area contributed by atoms with Crippen LogP contribution in [0.25, 0.3) is 0 Å². The molecule has 0 bridgehead atoms. The van der Waals surface area contributed by atoms with Gasteiger partial charge >= 0.3 is 0 Å². The lowest BCUT2D eigenvalue weighted by Crippen LogP contribution is -1.88. The number of benzene rings is 3. The Morgan fingerprint density at radius 3 is 2.05 bits per heavy atom. The van der Waals surface area contributed by atoms with Gasteiger partial charge in [-0.15, -0.1) is 0 Å². The molecule has 3 aromatic carbocycles. The Labute approximate surface area is 131 Å². The van der Waals surface area contributed by atoms with Crippen LogP contribution >= 0.6 is 0 Å². The fraction of sp³-hybridized carbons (Fsp3) is 0.0500. The molecule has 0 aliphatic rings. The zero-order chi connectivity index (χ0) is 15.2. The minimum absolute atomic E-state index is 0.944. The lowest BCUT2D eigenvalue weighted by atomic mass is 10.2. The predicted molar refractivity (Wildman–Crippen MR) is 94.6 cm³/mol. The molecule has 1 N–H and O–H groups in total. The molecule has 2 nitrogen and oxygen atoms in total. The van der Waals surface area contributed by atoms with E-state index in [4.69, 9.17) is 0 Å². The standard InChI is InChI=1S/C20H18N2/c1-16-7-9-17(10-8-16)15-21-18-11-13-20(14-12-18)22-19-5-3-2-4-6-19/h2-15,22H,1H3. The summed E-state index contributed by atoms with van der Waals surface area (Å²) in [4.78, 5) is 4.50. The maximum atomic E-state index is 4.50. The number of rotatable bonds is 4. The van der Waals surface area contributed by atoms with E-state index in [1.54, 1.807) is 0 Å². The minimum Gasteiger partial charge on any atom is -0.356 e. The largest absolute Gasteiger partial charge is 0.356 e. The zero-order valence-corrected chi connectivity index (χ0v) is 12.5. The van der Waals surface area contributed by atoms with E-state index in [0.29, 0.717) is 0 Å². The third-order valence-corrected chi connectivity index (χ3v) is 3.37. The molecular weight excluding hydrogens is 268 g/mol. The van der Waals surface area contributed by atoms with Crippen LogP contribution < -0.4 is 5.32 Å². The lowest BCUT2D eigenvalue weighted by Gasteiger charge is -2.06. The molecule has 108 valence electrons. The van der Waals surface area contributed by atoms with Crippen molar-refractivity contribution in [1.29, 1.82) is 0 Å². The van der Waals surface area contributed by atoms with Gasteiger partial charge in [-0.2, -0.15) is 0 Å². The highest BCUT2D eigenvalue weighted by atomic mass is 14.9. The second-order valence-corrected chi connectivity index (χ2v) is 5.21. The SMILES string of the molecule is Cc1ccc(C=Nc2ccc(Nc3ccccc3)cc2)cc1. The summed E-state index contributed by atoms with van der Waals surface area (Å²) in [5.41, 5.74) is 5.45. The van der Waals surface area contributed by atoms with E-state index in [-0.39, 0.29) is 0 Å². The Kier molecular flexibility index (Phi) is 4.30. The summed E-state index contributed by atoms with van der Waals surface area (Å²) in [6.07, 6.45) is 1.89. The summed E-state index contributed by atoms with van der Waals surface area (Å²) >= 11 is 0. The zero-order valence-electron chi connectivity index (χ0n) is 12.5. The van der Waals surface area contributed by atoms with Crippen LogP contribution in [-0.2, 0) is 0 Å². The van der Waals surface area contributed by atoms with Crippen LogP contribution in [0.1, 0.15) is 11.1 Å². The van der Waals surface area contributed by atoms with Crippen molar-refractivity contribution in [2.24, 2.45) is 4.99 Å². The van der Waals surface area contributed by atoms with Gasteiger partial charge in [-0.3, -0.25) is 4.99 Å². The highest BCUT2D eigenvalue weighted by Gasteiger charge is 1.94. The molecular formula is C20H18N2. The van der Waals surface area contributed by atoms with Crippen molar-refractivity contribution < 1.29 is 0 Å². The van der Waals surface area contributed by atoms with E-state index in [9.17, 15) is 0 Å². The first kappa shape index (κ1) is 14.1.